The molecule has 6 heteroatoms. The van der Waals surface area contributed by atoms with E-state index in [9.17, 15) is 4.79 Å². The van der Waals surface area contributed by atoms with Crippen LogP contribution in [0.2, 0.25) is 0 Å². The van der Waals surface area contributed by atoms with E-state index >= 15 is 0 Å². The SMILES string of the molecule is COCCN(C(=O)CN1CCC(N)CC1)C(C)COC. The molecule has 2 N–H and O–H groups in total. The van der Waals surface area contributed by atoms with Gasteiger partial charge < -0.3 is 20.1 Å². The summed E-state index contributed by atoms with van der Waals surface area (Å²) >= 11 is 0. The first kappa shape index (κ1) is 17.4. The Morgan fingerprint density at radius 3 is 2.55 bits per heavy atom. The third-order valence-electron chi connectivity index (χ3n) is 3.79. The van der Waals surface area contributed by atoms with Crippen LogP contribution < -0.4 is 5.73 Å². The summed E-state index contributed by atoms with van der Waals surface area (Å²) in [5.74, 6) is 0.141. The van der Waals surface area contributed by atoms with Gasteiger partial charge in [-0.2, -0.15) is 0 Å². The summed E-state index contributed by atoms with van der Waals surface area (Å²) in [4.78, 5) is 16.5. The van der Waals surface area contributed by atoms with E-state index in [-0.39, 0.29) is 11.9 Å². The lowest BCUT2D eigenvalue weighted by Crippen LogP contribution is -2.49. The molecule has 0 aromatic rings. The molecule has 0 aliphatic carbocycles. The van der Waals surface area contributed by atoms with Crippen molar-refractivity contribution in [1.29, 1.82) is 0 Å². The average Bonchev–Trinajstić information content (AvgIpc) is 2.42. The first-order chi connectivity index (χ1) is 9.58. The van der Waals surface area contributed by atoms with Gasteiger partial charge in [0.25, 0.3) is 0 Å². The topological polar surface area (TPSA) is 68.0 Å². The highest BCUT2D eigenvalue weighted by atomic mass is 16.5. The number of ether oxygens (including phenoxy) is 2. The van der Waals surface area contributed by atoms with Crippen molar-refractivity contribution in [2.24, 2.45) is 5.73 Å². The van der Waals surface area contributed by atoms with Crippen LogP contribution in [-0.2, 0) is 14.3 Å². The molecule has 1 fully saturated rings. The van der Waals surface area contributed by atoms with Crippen LogP contribution in [0.3, 0.4) is 0 Å². The van der Waals surface area contributed by atoms with E-state index in [2.05, 4.69) is 4.90 Å². The normalized spacial score (nSPS) is 19.0. The molecule has 1 amide bonds. The van der Waals surface area contributed by atoms with Gasteiger partial charge in [-0.1, -0.05) is 0 Å². The van der Waals surface area contributed by atoms with Gasteiger partial charge in [-0.3, -0.25) is 9.69 Å². The van der Waals surface area contributed by atoms with Gasteiger partial charge in [-0.15, -0.1) is 0 Å². The van der Waals surface area contributed by atoms with E-state index in [1.54, 1.807) is 14.2 Å². The number of nitrogens with two attached hydrogens (primary N) is 1. The Bertz CT molecular complexity index is 281. The third kappa shape index (κ3) is 5.75. The fraction of sp³-hybridized carbons (Fsp3) is 0.929. The largest absolute Gasteiger partial charge is 0.383 e. The fourth-order valence-electron chi connectivity index (χ4n) is 2.50. The molecule has 0 aromatic heterocycles. The Labute approximate surface area is 122 Å². The van der Waals surface area contributed by atoms with Gasteiger partial charge in [0.05, 0.1) is 25.8 Å². The highest BCUT2D eigenvalue weighted by Crippen LogP contribution is 2.09. The maximum atomic E-state index is 12.5. The Balaban J connectivity index is 2.49. The van der Waals surface area contributed by atoms with E-state index in [4.69, 9.17) is 15.2 Å². The lowest BCUT2D eigenvalue weighted by atomic mass is 10.1. The van der Waals surface area contributed by atoms with E-state index in [0.29, 0.717) is 32.3 Å². The Morgan fingerprint density at radius 2 is 2.00 bits per heavy atom. The van der Waals surface area contributed by atoms with Crippen molar-refractivity contribution in [1.82, 2.24) is 9.80 Å². The molecule has 6 nitrogen and oxygen atoms in total. The average molecular weight is 287 g/mol. The number of hydrogen-bond acceptors (Lipinski definition) is 5. The van der Waals surface area contributed by atoms with Crippen molar-refractivity contribution in [3.63, 3.8) is 0 Å². The zero-order chi connectivity index (χ0) is 15.0. The lowest BCUT2D eigenvalue weighted by Gasteiger charge is -2.34. The maximum Gasteiger partial charge on any atom is 0.237 e. The number of nitrogens with zero attached hydrogens (tertiary/aromatic N) is 2. The van der Waals surface area contributed by atoms with Crippen LogP contribution in [-0.4, -0.2) is 81.4 Å². The molecule has 0 saturated carbocycles. The predicted octanol–water partition coefficient (Wildman–Crippen LogP) is -0.0806. The van der Waals surface area contributed by atoms with Crippen LogP contribution in [0.1, 0.15) is 19.8 Å². The van der Waals surface area contributed by atoms with Crippen molar-refractivity contribution in [2.45, 2.75) is 31.8 Å². The van der Waals surface area contributed by atoms with Crippen molar-refractivity contribution < 1.29 is 14.3 Å². The van der Waals surface area contributed by atoms with Gasteiger partial charge in [0.2, 0.25) is 5.91 Å². The van der Waals surface area contributed by atoms with E-state index < -0.39 is 0 Å². The second-order valence-corrected chi connectivity index (χ2v) is 5.50. The summed E-state index contributed by atoms with van der Waals surface area (Å²) in [7, 11) is 3.30. The number of hydrogen-bond donors (Lipinski definition) is 1. The quantitative estimate of drug-likeness (QED) is 0.676. The maximum absolute atomic E-state index is 12.5. The predicted molar refractivity (Wildman–Crippen MR) is 78.6 cm³/mol. The van der Waals surface area contributed by atoms with Crippen molar-refractivity contribution in [3.8, 4) is 0 Å². The molecule has 118 valence electrons. The van der Waals surface area contributed by atoms with Crippen molar-refractivity contribution >= 4 is 5.91 Å². The molecule has 0 radical (unpaired) electrons. The molecule has 0 bridgehead atoms. The number of piperidine rings is 1. The summed E-state index contributed by atoms with van der Waals surface area (Å²) in [5.41, 5.74) is 5.89. The van der Waals surface area contributed by atoms with Gasteiger partial charge in [0, 0.05) is 39.9 Å². The molecule has 1 heterocycles. The van der Waals surface area contributed by atoms with Gasteiger partial charge in [0.15, 0.2) is 0 Å². The van der Waals surface area contributed by atoms with Gasteiger partial charge >= 0.3 is 0 Å². The Morgan fingerprint density at radius 1 is 1.35 bits per heavy atom. The van der Waals surface area contributed by atoms with E-state index in [0.717, 1.165) is 25.9 Å². The minimum atomic E-state index is 0.0645. The molecule has 1 atom stereocenters. The number of amides is 1. The molecule has 1 rings (SSSR count). The third-order valence-corrected chi connectivity index (χ3v) is 3.79. The van der Waals surface area contributed by atoms with Gasteiger partial charge in [-0.25, -0.2) is 0 Å². The molecular formula is C14H29N3O3. The minimum Gasteiger partial charge on any atom is -0.383 e. The van der Waals surface area contributed by atoms with Crippen LogP contribution in [0.15, 0.2) is 0 Å². The lowest BCUT2D eigenvalue weighted by molar-refractivity contribution is -0.136. The summed E-state index contributed by atoms with van der Waals surface area (Å²) in [6, 6.07) is 0.355. The zero-order valence-electron chi connectivity index (χ0n) is 13.0. The molecule has 1 aliphatic heterocycles. The van der Waals surface area contributed by atoms with Gasteiger partial charge in [0.1, 0.15) is 0 Å². The van der Waals surface area contributed by atoms with Crippen LogP contribution in [0.25, 0.3) is 0 Å². The van der Waals surface area contributed by atoms with E-state index in [1.165, 1.54) is 0 Å². The number of likely N-dealkylation sites (tertiary alicyclic amines) is 1. The molecule has 0 spiro atoms. The van der Waals surface area contributed by atoms with Crippen LogP contribution in [0, 0.1) is 0 Å². The van der Waals surface area contributed by atoms with Crippen molar-refractivity contribution in [3.05, 3.63) is 0 Å². The number of rotatable bonds is 8. The second kappa shape index (κ2) is 9.28. The van der Waals surface area contributed by atoms with E-state index in [1.807, 2.05) is 11.8 Å². The first-order valence-electron chi connectivity index (χ1n) is 7.33. The van der Waals surface area contributed by atoms with Crippen LogP contribution in [0.5, 0.6) is 0 Å². The Kier molecular flexibility index (Phi) is 8.06. The molecule has 0 aromatic carbocycles. The molecule has 1 unspecified atom stereocenters. The van der Waals surface area contributed by atoms with Crippen molar-refractivity contribution in [2.75, 3.05) is 53.6 Å². The highest BCUT2D eigenvalue weighted by Gasteiger charge is 2.24. The molecule has 1 saturated heterocycles. The molecule has 1 aliphatic rings. The molecular weight excluding hydrogens is 258 g/mol. The summed E-state index contributed by atoms with van der Waals surface area (Å²) in [6.07, 6.45) is 1.94. The summed E-state index contributed by atoms with van der Waals surface area (Å²) in [5, 5.41) is 0. The number of carbonyl (C=O) groups is 1. The number of carbonyl (C=O) groups excluding carboxylic acids is 1. The second-order valence-electron chi connectivity index (χ2n) is 5.50. The van der Waals surface area contributed by atoms with Crippen LogP contribution >= 0.6 is 0 Å². The first-order valence-corrected chi connectivity index (χ1v) is 7.33. The zero-order valence-corrected chi connectivity index (χ0v) is 13.0. The highest BCUT2D eigenvalue weighted by molar-refractivity contribution is 5.78. The number of methoxy groups -OCH3 is 2. The fourth-order valence-corrected chi connectivity index (χ4v) is 2.50. The summed E-state index contributed by atoms with van der Waals surface area (Å²) < 4.78 is 10.2. The standard InChI is InChI=1S/C14H29N3O3/c1-12(11-20-3)17(8-9-19-2)14(18)10-16-6-4-13(15)5-7-16/h12-13H,4-11,15H2,1-3H3. The monoisotopic (exact) mass is 287 g/mol. The summed E-state index contributed by atoms with van der Waals surface area (Å²) in [6.45, 7) is 5.97. The smallest absolute Gasteiger partial charge is 0.237 e. The van der Waals surface area contributed by atoms with Gasteiger partial charge in [-0.05, 0) is 19.8 Å². The minimum absolute atomic E-state index is 0.0645. The molecule has 20 heavy (non-hydrogen) atoms. The Hall–Kier alpha value is -0.690. The van der Waals surface area contributed by atoms with Crippen LogP contribution in [0.4, 0.5) is 0 Å².